The van der Waals surface area contributed by atoms with Crippen LogP contribution in [0.3, 0.4) is 0 Å². The molecule has 2 aromatic carbocycles. The van der Waals surface area contributed by atoms with Gasteiger partial charge in [0.05, 0.1) is 18.1 Å². The summed E-state index contributed by atoms with van der Waals surface area (Å²) < 4.78 is 32.2. The smallest absolute Gasteiger partial charge is 0.254 e. The minimum atomic E-state index is -3.63. The quantitative estimate of drug-likeness (QED) is 0.769. The molecule has 31 heavy (non-hydrogen) atoms. The molecule has 0 saturated carbocycles. The number of morpholine rings is 1. The molecule has 1 unspecified atom stereocenters. The highest BCUT2D eigenvalue weighted by molar-refractivity contribution is 7.89. The number of ether oxygens (including phenoxy) is 1. The summed E-state index contributed by atoms with van der Waals surface area (Å²) in [6.07, 6.45) is 0. The van der Waals surface area contributed by atoms with Crippen molar-refractivity contribution >= 4 is 21.8 Å². The molecule has 1 N–H and O–H groups in total. The van der Waals surface area contributed by atoms with E-state index in [1.165, 1.54) is 28.6 Å². The van der Waals surface area contributed by atoms with Crippen LogP contribution in [0.1, 0.15) is 27.5 Å². The number of piperazine rings is 1. The van der Waals surface area contributed by atoms with Crippen LogP contribution in [0.25, 0.3) is 0 Å². The highest BCUT2D eigenvalue weighted by Gasteiger charge is 2.35. The lowest BCUT2D eigenvalue weighted by molar-refractivity contribution is -0.128. The van der Waals surface area contributed by atoms with Crippen molar-refractivity contribution in [1.82, 2.24) is 14.5 Å². The minimum absolute atomic E-state index is 0.137. The largest absolute Gasteiger partial charge is 0.379 e. The van der Waals surface area contributed by atoms with Gasteiger partial charge >= 0.3 is 0 Å². The second kappa shape index (κ2) is 8.78. The Bertz CT molecular complexity index is 1080. The highest BCUT2D eigenvalue weighted by atomic mass is 32.2. The predicted molar refractivity (Wildman–Crippen MR) is 114 cm³/mol. The molecule has 0 aliphatic carbocycles. The second-order valence-corrected chi connectivity index (χ2v) is 9.59. The van der Waals surface area contributed by atoms with E-state index in [0.29, 0.717) is 45.0 Å². The molecule has 8 nitrogen and oxygen atoms in total. The molecule has 4 rings (SSSR count). The van der Waals surface area contributed by atoms with E-state index in [9.17, 15) is 18.0 Å². The average Bonchev–Trinajstić information content (AvgIpc) is 2.79. The Morgan fingerprint density at radius 3 is 2.45 bits per heavy atom. The third-order valence-electron chi connectivity index (χ3n) is 5.54. The SMILES string of the molecule is Cc1cccc(C2C(=O)NCCN2C(=O)c2ccc(S(=O)(=O)N3CCOCC3)cc2)c1. The lowest BCUT2D eigenvalue weighted by Crippen LogP contribution is -2.52. The van der Waals surface area contributed by atoms with Crippen LogP contribution in [0, 0.1) is 6.92 Å². The summed E-state index contributed by atoms with van der Waals surface area (Å²) in [6.45, 7) is 4.03. The molecule has 2 aliphatic heterocycles. The van der Waals surface area contributed by atoms with Crippen molar-refractivity contribution in [1.29, 1.82) is 0 Å². The Morgan fingerprint density at radius 2 is 1.77 bits per heavy atom. The van der Waals surface area contributed by atoms with Gasteiger partial charge in [-0.1, -0.05) is 29.8 Å². The zero-order chi connectivity index (χ0) is 22.0. The Morgan fingerprint density at radius 1 is 1.06 bits per heavy atom. The average molecular weight is 444 g/mol. The van der Waals surface area contributed by atoms with Crippen LogP contribution in [0.5, 0.6) is 0 Å². The molecular weight excluding hydrogens is 418 g/mol. The van der Waals surface area contributed by atoms with Crippen LogP contribution in [-0.4, -0.2) is 68.8 Å². The molecular formula is C22H25N3O5S. The first-order valence-corrected chi connectivity index (χ1v) is 11.6. The highest BCUT2D eigenvalue weighted by Crippen LogP contribution is 2.26. The van der Waals surface area contributed by atoms with Gasteiger partial charge in [0.1, 0.15) is 6.04 Å². The molecule has 0 aromatic heterocycles. The number of hydrogen-bond acceptors (Lipinski definition) is 5. The summed E-state index contributed by atoms with van der Waals surface area (Å²) in [6, 6.07) is 12.7. The number of sulfonamides is 1. The van der Waals surface area contributed by atoms with E-state index in [1.807, 2.05) is 31.2 Å². The van der Waals surface area contributed by atoms with Crippen LogP contribution in [-0.2, 0) is 19.6 Å². The molecule has 2 fully saturated rings. The van der Waals surface area contributed by atoms with Crippen molar-refractivity contribution in [3.05, 3.63) is 65.2 Å². The molecule has 2 saturated heterocycles. The minimum Gasteiger partial charge on any atom is -0.379 e. The number of benzene rings is 2. The number of hydrogen-bond donors (Lipinski definition) is 1. The predicted octanol–water partition coefficient (Wildman–Crippen LogP) is 1.33. The molecule has 164 valence electrons. The fourth-order valence-electron chi connectivity index (χ4n) is 3.93. The second-order valence-electron chi connectivity index (χ2n) is 7.65. The number of nitrogens with one attached hydrogen (secondary N) is 1. The maximum atomic E-state index is 13.2. The van der Waals surface area contributed by atoms with E-state index in [0.717, 1.165) is 11.1 Å². The van der Waals surface area contributed by atoms with Gasteiger partial charge in [-0.15, -0.1) is 0 Å². The molecule has 0 radical (unpaired) electrons. The molecule has 0 bridgehead atoms. The molecule has 2 amide bonds. The molecule has 2 heterocycles. The van der Waals surface area contributed by atoms with Crippen LogP contribution < -0.4 is 5.32 Å². The Kier molecular flexibility index (Phi) is 6.08. The normalized spacial score (nSPS) is 20.4. The third kappa shape index (κ3) is 4.34. The van der Waals surface area contributed by atoms with Crippen LogP contribution in [0.2, 0.25) is 0 Å². The zero-order valence-corrected chi connectivity index (χ0v) is 18.1. The molecule has 2 aliphatic rings. The number of carbonyl (C=O) groups is 2. The number of rotatable bonds is 4. The molecule has 9 heteroatoms. The maximum absolute atomic E-state index is 13.2. The van der Waals surface area contributed by atoms with E-state index >= 15 is 0 Å². The maximum Gasteiger partial charge on any atom is 0.254 e. The summed E-state index contributed by atoms with van der Waals surface area (Å²) in [4.78, 5) is 27.5. The number of carbonyl (C=O) groups excluding carboxylic acids is 2. The lowest BCUT2D eigenvalue weighted by atomic mass is 9.99. The van der Waals surface area contributed by atoms with Gasteiger partial charge in [0.2, 0.25) is 15.9 Å². The van der Waals surface area contributed by atoms with Crippen molar-refractivity contribution in [2.24, 2.45) is 0 Å². The monoisotopic (exact) mass is 443 g/mol. The summed E-state index contributed by atoms with van der Waals surface area (Å²) in [5.74, 6) is -0.534. The van der Waals surface area contributed by atoms with Gasteiger partial charge in [0.25, 0.3) is 5.91 Å². The number of nitrogens with zero attached hydrogens (tertiary/aromatic N) is 2. The fraction of sp³-hybridized carbons (Fsp3) is 0.364. The van der Waals surface area contributed by atoms with Crippen molar-refractivity contribution in [3.63, 3.8) is 0 Å². The Hall–Kier alpha value is -2.75. The zero-order valence-electron chi connectivity index (χ0n) is 17.3. The van der Waals surface area contributed by atoms with Gasteiger partial charge in [-0.05, 0) is 36.8 Å². The van der Waals surface area contributed by atoms with E-state index < -0.39 is 16.1 Å². The summed E-state index contributed by atoms with van der Waals surface area (Å²) >= 11 is 0. The molecule has 1 atom stereocenters. The van der Waals surface area contributed by atoms with Crippen molar-refractivity contribution < 1.29 is 22.7 Å². The Labute approximate surface area is 181 Å². The number of aryl methyl sites for hydroxylation is 1. The van der Waals surface area contributed by atoms with Crippen LogP contribution >= 0.6 is 0 Å². The van der Waals surface area contributed by atoms with Gasteiger partial charge < -0.3 is 15.0 Å². The first kappa shape index (κ1) is 21.5. The van der Waals surface area contributed by atoms with Crippen LogP contribution in [0.4, 0.5) is 0 Å². The summed E-state index contributed by atoms with van der Waals surface area (Å²) in [5.41, 5.74) is 2.09. The third-order valence-corrected chi connectivity index (χ3v) is 7.45. The van der Waals surface area contributed by atoms with E-state index in [1.54, 1.807) is 4.90 Å². The van der Waals surface area contributed by atoms with E-state index in [4.69, 9.17) is 4.74 Å². The van der Waals surface area contributed by atoms with Gasteiger partial charge in [0.15, 0.2) is 0 Å². The molecule has 2 aromatic rings. The van der Waals surface area contributed by atoms with Crippen molar-refractivity contribution in [3.8, 4) is 0 Å². The molecule has 0 spiro atoms. The van der Waals surface area contributed by atoms with Crippen molar-refractivity contribution in [2.75, 3.05) is 39.4 Å². The summed E-state index contributed by atoms with van der Waals surface area (Å²) in [7, 11) is -3.63. The lowest BCUT2D eigenvalue weighted by Gasteiger charge is -2.35. The van der Waals surface area contributed by atoms with E-state index in [-0.39, 0.29) is 16.7 Å². The standard InChI is InChI=1S/C22H25N3O5S/c1-16-3-2-4-18(15-16)20-21(26)23-9-10-25(20)22(27)17-5-7-19(8-6-17)31(28,29)24-11-13-30-14-12-24/h2-8,15,20H,9-14H2,1H3,(H,23,26). The first-order chi connectivity index (χ1) is 14.9. The fourth-order valence-corrected chi connectivity index (χ4v) is 5.34. The first-order valence-electron chi connectivity index (χ1n) is 10.2. The van der Waals surface area contributed by atoms with Gasteiger partial charge in [-0.2, -0.15) is 4.31 Å². The topological polar surface area (TPSA) is 96.0 Å². The number of amides is 2. The Balaban J connectivity index is 1.58. The summed E-state index contributed by atoms with van der Waals surface area (Å²) in [5, 5.41) is 2.82. The van der Waals surface area contributed by atoms with Crippen molar-refractivity contribution in [2.45, 2.75) is 17.9 Å². The van der Waals surface area contributed by atoms with Gasteiger partial charge in [-0.3, -0.25) is 9.59 Å². The van der Waals surface area contributed by atoms with E-state index in [2.05, 4.69) is 5.32 Å². The van der Waals surface area contributed by atoms with Gasteiger partial charge in [-0.25, -0.2) is 8.42 Å². The van der Waals surface area contributed by atoms with Gasteiger partial charge in [0, 0.05) is 31.7 Å². The van der Waals surface area contributed by atoms with Crippen LogP contribution in [0.15, 0.2) is 53.4 Å².